The Morgan fingerprint density at radius 2 is 1.42 bits per heavy atom. The Morgan fingerprint density at radius 1 is 0.818 bits per heavy atom. The Kier molecular flexibility index (Phi) is 6.81. The standard InChI is InChI=1S/C24H24ClNO5S2/c1-31-21-7-11-22(12-8-21)32(27,28)23-13-15-26(16-14-23)33(29,30)24-9-5-18(6-10-24)19-3-2-4-20(25)17-19/h2-12,17,23H,13-16H2,1H3. The van der Waals surface area contributed by atoms with Crippen molar-refractivity contribution in [3.05, 3.63) is 77.8 Å². The van der Waals surface area contributed by atoms with Crippen LogP contribution in [0, 0.1) is 0 Å². The van der Waals surface area contributed by atoms with Gasteiger partial charge in [-0.05, 0) is 72.5 Å². The third kappa shape index (κ3) is 4.94. The van der Waals surface area contributed by atoms with Gasteiger partial charge in [0.25, 0.3) is 0 Å². The van der Waals surface area contributed by atoms with Crippen molar-refractivity contribution in [3.63, 3.8) is 0 Å². The van der Waals surface area contributed by atoms with Crippen molar-refractivity contribution in [2.75, 3.05) is 20.2 Å². The maximum absolute atomic E-state index is 13.1. The van der Waals surface area contributed by atoms with E-state index in [0.717, 1.165) is 11.1 Å². The molecule has 4 rings (SSSR count). The van der Waals surface area contributed by atoms with E-state index < -0.39 is 25.1 Å². The van der Waals surface area contributed by atoms with Crippen LogP contribution < -0.4 is 4.74 Å². The topological polar surface area (TPSA) is 80.8 Å². The molecule has 33 heavy (non-hydrogen) atoms. The number of methoxy groups -OCH3 is 1. The lowest BCUT2D eigenvalue weighted by Gasteiger charge is -2.31. The van der Waals surface area contributed by atoms with Crippen LogP contribution >= 0.6 is 11.6 Å². The van der Waals surface area contributed by atoms with Crippen LogP contribution in [0.5, 0.6) is 5.75 Å². The van der Waals surface area contributed by atoms with Crippen molar-refractivity contribution < 1.29 is 21.6 Å². The lowest BCUT2D eigenvalue weighted by atomic mass is 10.1. The molecule has 0 saturated carbocycles. The Hall–Kier alpha value is -2.39. The number of halogens is 1. The second-order valence-electron chi connectivity index (χ2n) is 7.86. The van der Waals surface area contributed by atoms with Gasteiger partial charge >= 0.3 is 0 Å². The van der Waals surface area contributed by atoms with Crippen molar-refractivity contribution in [1.29, 1.82) is 0 Å². The highest BCUT2D eigenvalue weighted by Gasteiger charge is 2.35. The average Bonchev–Trinajstić information content (AvgIpc) is 2.84. The Balaban J connectivity index is 1.46. The third-order valence-corrected chi connectivity index (χ3v) is 10.3. The minimum absolute atomic E-state index is 0.151. The molecule has 0 spiro atoms. The monoisotopic (exact) mass is 505 g/mol. The molecule has 6 nitrogen and oxygen atoms in total. The van der Waals surface area contributed by atoms with Gasteiger partial charge in [0.1, 0.15) is 5.75 Å². The molecule has 3 aromatic carbocycles. The summed E-state index contributed by atoms with van der Waals surface area (Å²) in [4.78, 5) is 0.408. The lowest BCUT2D eigenvalue weighted by molar-refractivity contribution is 0.345. The number of benzene rings is 3. The minimum atomic E-state index is -3.72. The maximum atomic E-state index is 13.1. The summed E-state index contributed by atoms with van der Waals surface area (Å²) < 4.78 is 58.7. The van der Waals surface area contributed by atoms with E-state index in [9.17, 15) is 16.8 Å². The number of piperidine rings is 1. The highest BCUT2D eigenvalue weighted by Crippen LogP contribution is 2.30. The van der Waals surface area contributed by atoms with Crippen LogP contribution in [0.2, 0.25) is 5.02 Å². The van der Waals surface area contributed by atoms with Crippen molar-refractivity contribution in [2.45, 2.75) is 27.9 Å². The number of sulfonamides is 1. The van der Waals surface area contributed by atoms with E-state index in [2.05, 4.69) is 0 Å². The van der Waals surface area contributed by atoms with E-state index in [0.29, 0.717) is 10.8 Å². The minimum Gasteiger partial charge on any atom is -0.497 e. The number of ether oxygens (including phenoxy) is 1. The van der Waals surface area contributed by atoms with Crippen molar-refractivity contribution in [3.8, 4) is 16.9 Å². The fourth-order valence-electron chi connectivity index (χ4n) is 3.98. The van der Waals surface area contributed by atoms with Crippen LogP contribution in [0.4, 0.5) is 0 Å². The zero-order valence-corrected chi connectivity index (χ0v) is 20.4. The Labute approximate surface area is 199 Å². The molecule has 0 radical (unpaired) electrons. The first-order valence-corrected chi connectivity index (χ1v) is 13.8. The molecule has 0 aromatic heterocycles. The zero-order valence-electron chi connectivity index (χ0n) is 18.0. The first kappa shape index (κ1) is 23.8. The number of rotatable bonds is 6. The molecular weight excluding hydrogens is 482 g/mol. The average molecular weight is 506 g/mol. The highest BCUT2D eigenvalue weighted by atomic mass is 35.5. The van der Waals surface area contributed by atoms with Gasteiger partial charge in [0.15, 0.2) is 9.84 Å². The molecule has 0 unspecified atom stereocenters. The smallest absolute Gasteiger partial charge is 0.243 e. The number of hydrogen-bond donors (Lipinski definition) is 0. The molecule has 0 amide bonds. The quantitative estimate of drug-likeness (QED) is 0.487. The number of nitrogens with zero attached hydrogens (tertiary/aromatic N) is 1. The summed E-state index contributed by atoms with van der Waals surface area (Å²) in [6.07, 6.45) is 0.488. The lowest BCUT2D eigenvalue weighted by Crippen LogP contribution is -2.42. The van der Waals surface area contributed by atoms with Crippen molar-refractivity contribution in [1.82, 2.24) is 4.31 Å². The molecule has 0 bridgehead atoms. The molecule has 0 N–H and O–H groups in total. The third-order valence-electron chi connectivity index (χ3n) is 5.88. The first-order valence-electron chi connectivity index (χ1n) is 10.5. The summed E-state index contributed by atoms with van der Waals surface area (Å²) in [5, 5.41) is -0.0146. The summed E-state index contributed by atoms with van der Waals surface area (Å²) in [6.45, 7) is 0.302. The summed E-state index contributed by atoms with van der Waals surface area (Å²) in [6, 6.07) is 20.3. The van der Waals surface area contributed by atoms with Gasteiger partial charge in [-0.1, -0.05) is 35.9 Å². The molecule has 0 aliphatic carbocycles. The van der Waals surface area contributed by atoms with Crippen LogP contribution in [0.1, 0.15) is 12.8 Å². The molecule has 1 aliphatic rings. The largest absolute Gasteiger partial charge is 0.497 e. The normalized spacial score (nSPS) is 15.9. The molecule has 1 fully saturated rings. The van der Waals surface area contributed by atoms with Gasteiger partial charge in [0, 0.05) is 18.1 Å². The molecule has 1 heterocycles. The predicted octanol–water partition coefficient (Wildman–Crippen LogP) is 4.64. The maximum Gasteiger partial charge on any atom is 0.243 e. The fraction of sp³-hybridized carbons (Fsp3) is 0.250. The van der Waals surface area contributed by atoms with Crippen LogP contribution in [-0.4, -0.2) is 46.6 Å². The first-order chi connectivity index (χ1) is 15.7. The molecule has 1 saturated heterocycles. The van der Waals surface area contributed by atoms with E-state index in [1.54, 1.807) is 42.5 Å². The summed E-state index contributed by atoms with van der Waals surface area (Å²) in [5.74, 6) is 0.580. The zero-order chi connectivity index (χ0) is 23.6. The second-order valence-corrected chi connectivity index (χ2v) is 12.5. The van der Waals surface area contributed by atoms with Crippen LogP contribution in [-0.2, 0) is 19.9 Å². The van der Waals surface area contributed by atoms with Crippen LogP contribution in [0.15, 0.2) is 82.6 Å². The highest BCUT2D eigenvalue weighted by molar-refractivity contribution is 7.92. The summed E-state index contributed by atoms with van der Waals surface area (Å²) in [7, 11) is -5.75. The van der Waals surface area contributed by atoms with E-state index >= 15 is 0 Å². The summed E-state index contributed by atoms with van der Waals surface area (Å²) in [5.41, 5.74) is 1.76. The van der Waals surface area contributed by atoms with E-state index in [1.165, 1.54) is 23.5 Å². The molecule has 0 atom stereocenters. The fourth-order valence-corrected chi connectivity index (χ4v) is 7.37. The van der Waals surface area contributed by atoms with Gasteiger partial charge in [0.2, 0.25) is 10.0 Å². The van der Waals surface area contributed by atoms with E-state index in [-0.39, 0.29) is 35.7 Å². The van der Waals surface area contributed by atoms with E-state index in [4.69, 9.17) is 16.3 Å². The SMILES string of the molecule is COc1ccc(S(=O)(=O)C2CCN(S(=O)(=O)c3ccc(-c4cccc(Cl)c4)cc3)CC2)cc1. The molecule has 9 heteroatoms. The Morgan fingerprint density at radius 3 is 2.00 bits per heavy atom. The van der Waals surface area contributed by atoms with Gasteiger partial charge in [-0.15, -0.1) is 0 Å². The van der Waals surface area contributed by atoms with E-state index in [1.807, 2.05) is 18.2 Å². The number of hydrogen-bond acceptors (Lipinski definition) is 5. The predicted molar refractivity (Wildman–Crippen MR) is 129 cm³/mol. The van der Waals surface area contributed by atoms with Gasteiger partial charge in [0.05, 0.1) is 22.2 Å². The molecule has 1 aliphatic heterocycles. The van der Waals surface area contributed by atoms with Crippen LogP contribution in [0.3, 0.4) is 0 Å². The van der Waals surface area contributed by atoms with Gasteiger partial charge in [-0.25, -0.2) is 16.8 Å². The molecular formula is C24H24ClNO5S2. The Bertz CT molecular complexity index is 1330. The number of sulfone groups is 1. The second kappa shape index (κ2) is 9.46. The van der Waals surface area contributed by atoms with Crippen molar-refractivity contribution in [2.24, 2.45) is 0 Å². The molecule has 3 aromatic rings. The summed E-state index contributed by atoms with van der Waals surface area (Å²) >= 11 is 6.05. The van der Waals surface area contributed by atoms with Gasteiger partial charge < -0.3 is 4.74 Å². The molecule has 174 valence electrons. The van der Waals surface area contributed by atoms with Gasteiger partial charge in [-0.2, -0.15) is 4.31 Å². The van der Waals surface area contributed by atoms with Crippen LogP contribution in [0.25, 0.3) is 11.1 Å². The van der Waals surface area contributed by atoms with Gasteiger partial charge in [-0.3, -0.25) is 0 Å². The van der Waals surface area contributed by atoms with Crippen molar-refractivity contribution >= 4 is 31.5 Å².